The number of halogens is 1. The van der Waals surface area contributed by atoms with Crippen molar-refractivity contribution in [2.75, 3.05) is 13.1 Å². The normalized spacial score (nSPS) is 24.3. The second kappa shape index (κ2) is 5.16. The molecule has 0 spiro atoms. The van der Waals surface area contributed by atoms with Gasteiger partial charge in [0, 0.05) is 17.6 Å². The van der Waals surface area contributed by atoms with E-state index in [0.717, 1.165) is 0 Å². The summed E-state index contributed by atoms with van der Waals surface area (Å²) in [6.45, 7) is 6.45. The summed E-state index contributed by atoms with van der Waals surface area (Å²) in [4.78, 5) is 0.305. The standard InChI is InChI=1S/C13H18BrNO3S/c1-10-8-15(9-13(2,3)18-10)19(16,17)12-7-5-4-6-11(12)14/h4-7,10H,8-9H2,1-3H3. The zero-order valence-electron chi connectivity index (χ0n) is 11.3. The molecule has 0 aromatic heterocycles. The molecule has 1 aromatic carbocycles. The van der Waals surface area contributed by atoms with Crippen LogP contribution in [-0.2, 0) is 14.8 Å². The van der Waals surface area contributed by atoms with Gasteiger partial charge in [0.05, 0.1) is 16.6 Å². The van der Waals surface area contributed by atoms with Crippen LogP contribution in [0.15, 0.2) is 33.6 Å². The van der Waals surface area contributed by atoms with E-state index in [2.05, 4.69) is 15.9 Å². The van der Waals surface area contributed by atoms with Gasteiger partial charge in [-0.3, -0.25) is 0 Å². The molecule has 0 bridgehead atoms. The molecular weight excluding hydrogens is 330 g/mol. The molecule has 0 N–H and O–H groups in total. The Balaban J connectivity index is 2.38. The Kier molecular flexibility index (Phi) is 4.07. The number of hydrogen-bond donors (Lipinski definition) is 0. The monoisotopic (exact) mass is 347 g/mol. The van der Waals surface area contributed by atoms with Crippen molar-refractivity contribution in [1.29, 1.82) is 0 Å². The van der Waals surface area contributed by atoms with E-state index in [1.54, 1.807) is 24.3 Å². The molecule has 1 fully saturated rings. The zero-order chi connectivity index (χ0) is 14.3. The van der Waals surface area contributed by atoms with Crippen LogP contribution in [0.2, 0.25) is 0 Å². The molecule has 6 heteroatoms. The summed E-state index contributed by atoms with van der Waals surface area (Å²) in [6, 6.07) is 6.89. The highest BCUT2D eigenvalue weighted by molar-refractivity contribution is 9.10. The Hall–Kier alpha value is -0.430. The van der Waals surface area contributed by atoms with Crippen LogP contribution in [0, 0.1) is 0 Å². The van der Waals surface area contributed by atoms with E-state index >= 15 is 0 Å². The van der Waals surface area contributed by atoms with E-state index < -0.39 is 15.6 Å². The van der Waals surface area contributed by atoms with Crippen LogP contribution in [0.25, 0.3) is 0 Å². The lowest BCUT2D eigenvalue weighted by atomic mass is 10.1. The van der Waals surface area contributed by atoms with Crippen molar-refractivity contribution in [1.82, 2.24) is 4.31 Å². The molecule has 0 saturated carbocycles. The van der Waals surface area contributed by atoms with Crippen LogP contribution >= 0.6 is 15.9 Å². The molecule has 0 amide bonds. The molecule has 1 aromatic rings. The Bertz CT molecular complexity index is 571. The number of morpholine rings is 1. The largest absolute Gasteiger partial charge is 0.370 e. The highest BCUT2D eigenvalue weighted by Crippen LogP contribution is 2.29. The second-order valence-corrected chi connectivity index (χ2v) is 8.18. The fourth-order valence-electron chi connectivity index (χ4n) is 2.37. The molecule has 1 unspecified atom stereocenters. The average molecular weight is 348 g/mol. The summed E-state index contributed by atoms with van der Waals surface area (Å²) < 4.78 is 33.2. The van der Waals surface area contributed by atoms with Crippen LogP contribution < -0.4 is 0 Å². The van der Waals surface area contributed by atoms with Gasteiger partial charge in [-0.05, 0) is 48.8 Å². The van der Waals surface area contributed by atoms with Gasteiger partial charge in [-0.15, -0.1) is 0 Å². The van der Waals surface area contributed by atoms with Gasteiger partial charge in [0.25, 0.3) is 0 Å². The van der Waals surface area contributed by atoms with E-state index in [-0.39, 0.29) is 6.10 Å². The first-order chi connectivity index (χ1) is 8.72. The van der Waals surface area contributed by atoms with Gasteiger partial charge in [0.15, 0.2) is 0 Å². The molecule has 1 aliphatic heterocycles. The average Bonchev–Trinajstić information content (AvgIpc) is 2.26. The number of benzene rings is 1. The minimum Gasteiger partial charge on any atom is -0.370 e. The first-order valence-corrected chi connectivity index (χ1v) is 8.38. The second-order valence-electron chi connectivity index (χ2n) is 5.42. The SMILES string of the molecule is CC1CN(S(=O)(=O)c2ccccc2Br)CC(C)(C)O1. The maximum atomic E-state index is 12.7. The molecule has 1 aliphatic rings. The van der Waals surface area contributed by atoms with Crippen molar-refractivity contribution in [2.45, 2.75) is 37.4 Å². The van der Waals surface area contributed by atoms with Crippen LogP contribution in [0.4, 0.5) is 0 Å². The van der Waals surface area contributed by atoms with E-state index in [1.165, 1.54) is 4.31 Å². The molecule has 4 nitrogen and oxygen atoms in total. The van der Waals surface area contributed by atoms with Gasteiger partial charge in [0.1, 0.15) is 0 Å². The number of sulfonamides is 1. The lowest BCUT2D eigenvalue weighted by Crippen LogP contribution is -2.53. The van der Waals surface area contributed by atoms with Gasteiger partial charge in [-0.2, -0.15) is 4.31 Å². The minimum absolute atomic E-state index is 0.110. The minimum atomic E-state index is -3.49. The predicted octanol–water partition coefficient (Wildman–Crippen LogP) is 2.64. The number of ether oxygens (including phenoxy) is 1. The first kappa shape index (κ1) is 15.0. The fraction of sp³-hybridized carbons (Fsp3) is 0.538. The molecule has 106 valence electrons. The molecule has 19 heavy (non-hydrogen) atoms. The van der Waals surface area contributed by atoms with Crippen LogP contribution in [-0.4, -0.2) is 37.5 Å². The van der Waals surface area contributed by atoms with Crippen LogP contribution in [0.3, 0.4) is 0 Å². The number of hydrogen-bond acceptors (Lipinski definition) is 3. The van der Waals surface area contributed by atoms with Gasteiger partial charge >= 0.3 is 0 Å². The summed E-state index contributed by atoms with van der Waals surface area (Å²) in [5.41, 5.74) is -0.466. The lowest BCUT2D eigenvalue weighted by Gasteiger charge is -2.40. The molecule has 0 aliphatic carbocycles. The maximum absolute atomic E-state index is 12.7. The topological polar surface area (TPSA) is 46.6 Å². The molecular formula is C13H18BrNO3S. The van der Waals surface area contributed by atoms with E-state index in [1.807, 2.05) is 20.8 Å². The Morgan fingerprint density at radius 1 is 1.37 bits per heavy atom. The quantitative estimate of drug-likeness (QED) is 0.826. The highest BCUT2D eigenvalue weighted by Gasteiger charge is 2.38. The third-order valence-electron chi connectivity index (χ3n) is 2.99. The highest BCUT2D eigenvalue weighted by atomic mass is 79.9. The third kappa shape index (κ3) is 3.18. The summed E-state index contributed by atoms with van der Waals surface area (Å²) in [6.07, 6.45) is -0.110. The smallest absolute Gasteiger partial charge is 0.244 e. The van der Waals surface area contributed by atoms with Crippen molar-refractivity contribution < 1.29 is 13.2 Å². The summed E-state index contributed by atoms with van der Waals surface area (Å²) >= 11 is 3.31. The molecule has 0 radical (unpaired) electrons. The third-order valence-corrected chi connectivity index (χ3v) is 5.82. The summed E-state index contributed by atoms with van der Waals surface area (Å²) in [7, 11) is -3.49. The summed E-state index contributed by atoms with van der Waals surface area (Å²) in [5.74, 6) is 0. The Morgan fingerprint density at radius 2 is 2.00 bits per heavy atom. The first-order valence-electron chi connectivity index (χ1n) is 6.15. The van der Waals surface area contributed by atoms with Crippen LogP contribution in [0.5, 0.6) is 0 Å². The van der Waals surface area contributed by atoms with Crippen molar-refractivity contribution in [3.63, 3.8) is 0 Å². The van der Waals surface area contributed by atoms with E-state index in [9.17, 15) is 8.42 Å². The zero-order valence-corrected chi connectivity index (χ0v) is 13.7. The Labute approximate surface area is 122 Å². The van der Waals surface area contributed by atoms with Crippen molar-refractivity contribution in [3.8, 4) is 0 Å². The van der Waals surface area contributed by atoms with Crippen LogP contribution in [0.1, 0.15) is 20.8 Å². The molecule has 1 heterocycles. The van der Waals surface area contributed by atoms with Gasteiger partial charge in [0.2, 0.25) is 10.0 Å². The predicted molar refractivity (Wildman–Crippen MR) is 77.5 cm³/mol. The fourth-order valence-corrected chi connectivity index (χ4v) is 5.00. The van der Waals surface area contributed by atoms with Gasteiger partial charge < -0.3 is 4.74 Å². The molecule has 1 atom stereocenters. The molecule has 1 saturated heterocycles. The molecule has 2 rings (SSSR count). The van der Waals surface area contributed by atoms with Gasteiger partial charge in [-0.1, -0.05) is 12.1 Å². The van der Waals surface area contributed by atoms with E-state index in [4.69, 9.17) is 4.74 Å². The lowest BCUT2D eigenvalue weighted by molar-refractivity contribution is -0.109. The van der Waals surface area contributed by atoms with E-state index in [0.29, 0.717) is 22.5 Å². The maximum Gasteiger partial charge on any atom is 0.244 e. The summed E-state index contributed by atoms with van der Waals surface area (Å²) in [5, 5.41) is 0. The van der Waals surface area contributed by atoms with Crippen molar-refractivity contribution >= 4 is 26.0 Å². The van der Waals surface area contributed by atoms with Gasteiger partial charge in [-0.25, -0.2) is 8.42 Å². The Morgan fingerprint density at radius 3 is 2.58 bits per heavy atom. The number of rotatable bonds is 2. The van der Waals surface area contributed by atoms with Crippen molar-refractivity contribution in [3.05, 3.63) is 28.7 Å². The van der Waals surface area contributed by atoms with Crippen molar-refractivity contribution in [2.24, 2.45) is 0 Å². The number of nitrogens with zero attached hydrogens (tertiary/aromatic N) is 1.